The molecule has 4 aromatic rings. The third kappa shape index (κ3) is 10.3. The molecule has 4 nitrogen and oxygen atoms in total. The molecular weight excluding hydrogens is 753 g/mol. The van der Waals surface area contributed by atoms with Crippen molar-refractivity contribution >= 4 is 93.6 Å². The number of hydrogen-bond donors (Lipinski definition) is 2. The molecule has 2 amide bonds. The number of carbonyl (C=O) groups excluding carboxylic acids is 2. The summed E-state index contributed by atoms with van der Waals surface area (Å²) in [5, 5.41) is 9.58. The number of carbonyl (C=O) groups is 2. The molecule has 1 heterocycles. The first-order valence-electron chi connectivity index (χ1n) is 15.7. The molecule has 1 fully saturated rings. The van der Waals surface area contributed by atoms with Gasteiger partial charge < -0.3 is 10.6 Å². The summed E-state index contributed by atoms with van der Waals surface area (Å²) in [4.78, 5) is 23.9. The van der Waals surface area contributed by atoms with Crippen LogP contribution < -0.4 is 10.6 Å². The van der Waals surface area contributed by atoms with Crippen LogP contribution in [0.5, 0.6) is 0 Å². The van der Waals surface area contributed by atoms with E-state index in [1.807, 2.05) is 91.0 Å². The lowest BCUT2D eigenvalue weighted by atomic mass is 9.67. The molecule has 10 heteroatoms. The Hall–Kier alpha value is -3.48. The van der Waals surface area contributed by atoms with Crippen LogP contribution in [0.15, 0.2) is 121 Å². The number of amides is 2. The fraction of sp³-hybridized carbons (Fsp3) is 0.150. The number of allylic oxidation sites excluding steroid dienone is 3. The van der Waals surface area contributed by atoms with Crippen molar-refractivity contribution in [3.63, 3.8) is 0 Å². The van der Waals surface area contributed by atoms with Gasteiger partial charge in [0.1, 0.15) is 0 Å². The molecule has 0 radical (unpaired) electrons. The van der Waals surface area contributed by atoms with Crippen molar-refractivity contribution in [3.05, 3.63) is 174 Å². The summed E-state index contributed by atoms with van der Waals surface area (Å²) < 4.78 is 0. The molecule has 50 heavy (non-hydrogen) atoms. The molecule has 0 unspecified atom stereocenters. The second-order valence-corrected chi connectivity index (χ2v) is 14.2. The third-order valence-electron chi connectivity index (χ3n) is 8.40. The summed E-state index contributed by atoms with van der Waals surface area (Å²) in [6.07, 6.45) is 14.6. The van der Waals surface area contributed by atoms with E-state index in [2.05, 4.69) is 16.7 Å². The van der Waals surface area contributed by atoms with E-state index in [1.165, 1.54) is 6.08 Å². The van der Waals surface area contributed by atoms with Crippen LogP contribution in [0.2, 0.25) is 30.1 Å². The Morgan fingerprint density at radius 2 is 1.34 bits per heavy atom. The molecule has 0 aromatic heterocycles. The van der Waals surface area contributed by atoms with Crippen molar-refractivity contribution in [2.24, 2.45) is 11.8 Å². The van der Waals surface area contributed by atoms with Crippen LogP contribution in [0.25, 0.3) is 12.2 Å². The maximum absolute atomic E-state index is 12.2. The zero-order chi connectivity index (χ0) is 35.6. The quantitative estimate of drug-likeness (QED) is 0.106. The molecular formula is C40H32Cl6N2O2. The van der Waals surface area contributed by atoms with Crippen LogP contribution in [-0.4, -0.2) is 24.9 Å². The molecule has 1 aliphatic carbocycles. The molecule has 1 saturated heterocycles. The Kier molecular flexibility index (Phi) is 13.7. The van der Waals surface area contributed by atoms with Crippen LogP contribution in [0.1, 0.15) is 34.1 Å². The predicted octanol–water partition coefficient (Wildman–Crippen LogP) is 11.5. The number of hydrogen-bond acceptors (Lipinski definition) is 2. The van der Waals surface area contributed by atoms with E-state index >= 15 is 0 Å². The normalized spacial score (nSPS) is 19.8. The van der Waals surface area contributed by atoms with E-state index in [9.17, 15) is 9.59 Å². The number of fused-ring (bicyclic) bond motifs is 1. The smallest absolute Gasteiger partial charge is 0.244 e. The Balaban J connectivity index is 0.000000194. The van der Waals surface area contributed by atoms with Crippen molar-refractivity contribution in [3.8, 4) is 0 Å². The molecule has 6 rings (SSSR count). The second kappa shape index (κ2) is 18.1. The van der Waals surface area contributed by atoms with E-state index in [4.69, 9.17) is 69.6 Å². The lowest BCUT2D eigenvalue weighted by Gasteiger charge is -2.36. The average molecular weight is 785 g/mol. The topological polar surface area (TPSA) is 58.2 Å². The SMILES string of the molecule is O=C(/C=C/C=C/c1ccc(Cl)cc1Cl)NC/C=C/c1ccc(Cl)cc1.O=C1NC[C@H]2[C@H](c3ccc(Cl)cc3)[C@H](c3ccc(Cl)cc3Cl)C=C[C@@H]12. The lowest BCUT2D eigenvalue weighted by molar-refractivity contribution is -0.121. The number of rotatable bonds is 8. The van der Waals surface area contributed by atoms with Crippen molar-refractivity contribution in [1.82, 2.24) is 10.6 Å². The van der Waals surface area contributed by atoms with Gasteiger partial charge in [-0.05, 0) is 82.6 Å². The van der Waals surface area contributed by atoms with Gasteiger partial charge in [0.15, 0.2) is 0 Å². The maximum Gasteiger partial charge on any atom is 0.244 e. The van der Waals surface area contributed by atoms with E-state index < -0.39 is 0 Å². The van der Waals surface area contributed by atoms with E-state index in [-0.39, 0.29) is 35.5 Å². The summed E-state index contributed by atoms with van der Waals surface area (Å²) in [5.74, 6) is 0.247. The number of halogens is 6. The van der Waals surface area contributed by atoms with Crippen LogP contribution >= 0.6 is 69.6 Å². The van der Waals surface area contributed by atoms with E-state index in [1.54, 1.807) is 30.4 Å². The molecule has 0 saturated carbocycles. The highest BCUT2D eigenvalue weighted by atomic mass is 35.5. The Morgan fingerprint density at radius 3 is 2.02 bits per heavy atom. The first kappa shape index (κ1) is 37.8. The standard InChI is InChI=1S/2C20H16Cl3NO/c21-12-3-1-11(2-4-12)19-15(14-6-5-13(22)9-18(14)23)7-8-16-17(19)10-24-20(16)25;21-17-10-7-15(8-11-17)4-3-13-24-20(25)6-2-1-5-16-9-12-18(22)14-19(16)23/h1-9,15-17,19H,10H2,(H,24,25);1-12,14H,13H2,(H,24,25)/b;4-3+,5-1+,6-2+/t15-,16+,17+,19+;/m0./s1. The zero-order valence-electron chi connectivity index (χ0n) is 26.5. The van der Waals surface area contributed by atoms with Crippen molar-refractivity contribution in [1.29, 1.82) is 0 Å². The maximum atomic E-state index is 12.2. The Morgan fingerprint density at radius 1 is 0.720 bits per heavy atom. The van der Waals surface area contributed by atoms with Crippen LogP contribution in [0, 0.1) is 11.8 Å². The minimum absolute atomic E-state index is 0.0832. The second-order valence-electron chi connectivity index (χ2n) is 11.7. The van der Waals surface area contributed by atoms with Gasteiger partial charge in [-0.2, -0.15) is 0 Å². The lowest BCUT2D eigenvalue weighted by Crippen LogP contribution is -2.29. The minimum atomic E-state index is -0.174. The van der Waals surface area contributed by atoms with Gasteiger partial charge in [0.2, 0.25) is 11.8 Å². The molecule has 2 N–H and O–H groups in total. The highest BCUT2D eigenvalue weighted by molar-refractivity contribution is 6.36. The molecule has 0 spiro atoms. The summed E-state index contributed by atoms with van der Waals surface area (Å²) in [5.41, 5.74) is 4.05. The van der Waals surface area contributed by atoms with E-state index in [0.717, 1.165) is 22.3 Å². The highest BCUT2D eigenvalue weighted by Gasteiger charge is 2.44. The molecule has 256 valence electrons. The van der Waals surface area contributed by atoms with Crippen molar-refractivity contribution in [2.75, 3.05) is 13.1 Å². The van der Waals surface area contributed by atoms with Gasteiger partial charge in [-0.3, -0.25) is 9.59 Å². The summed E-state index contributed by atoms with van der Waals surface area (Å²) in [6.45, 7) is 1.11. The summed E-state index contributed by atoms with van der Waals surface area (Å²) in [6, 6.07) is 26.2. The zero-order valence-corrected chi connectivity index (χ0v) is 31.0. The van der Waals surface area contributed by atoms with Gasteiger partial charge in [-0.25, -0.2) is 0 Å². The molecule has 4 aromatic carbocycles. The number of benzene rings is 4. The average Bonchev–Trinajstić information content (AvgIpc) is 3.47. The van der Waals surface area contributed by atoms with E-state index in [0.29, 0.717) is 43.2 Å². The fourth-order valence-electron chi connectivity index (χ4n) is 6.00. The van der Waals surface area contributed by atoms with Gasteiger partial charge in [0, 0.05) is 55.2 Å². The van der Waals surface area contributed by atoms with Gasteiger partial charge in [-0.1, -0.05) is 149 Å². The Labute approximate surface area is 322 Å². The Bertz CT molecular complexity index is 1940. The fourth-order valence-corrected chi connectivity index (χ4v) is 7.26. The molecule has 4 atom stereocenters. The van der Waals surface area contributed by atoms with Crippen molar-refractivity contribution in [2.45, 2.75) is 11.8 Å². The summed E-state index contributed by atoms with van der Waals surface area (Å²) >= 11 is 36.3. The largest absolute Gasteiger partial charge is 0.355 e. The highest BCUT2D eigenvalue weighted by Crippen LogP contribution is 2.49. The first-order chi connectivity index (χ1) is 24.1. The van der Waals surface area contributed by atoms with Gasteiger partial charge >= 0.3 is 0 Å². The molecule has 0 bridgehead atoms. The van der Waals surface area contributed by atoms with Gasteiger partial charge in [0.05, 0.1) is 5.92 Å². The summed E-state index contributed by atoms with van der Waals surface area (Å²) in [7, 11) is 0. The monoisotopic (exact) mass is 782 g/mol. The van der Waals surface area contributed by atoms with Crippen LogP contribution in [0.4, 0.5) is 0 Å². The van der Waals surface area contributed by atoms with Crippen LogP contribution in [-0.2, 0) is 9.59 Å². The number of nitrogens with one attached hydrogen (secondary N) is 2. The van der Waals surface area contributed by atoms with Gasteiger partial charge in [-0.15, -0.1) is 0 Å². The third-order valence-corrected chi connectivity index (χ3v) is 10.0. The van der Waals surface area contributed by atoms with Crippen LogP contribution in [0.3, 0.4) is 0 Å². The first-order valence-corrected chi connectivity index (χ1v) is 18.0. The van der Waals surface area contributed by atoms with Gasteiger partial charge in [0.25, 0.3) is 0 Å². The minimum Gasteiger partial charge on any atom is -0.355 e. The predicted molar refractivity (Wildman–Crippen MR) is 211 cm³/mol. The molecule has 1 aliphatic heterocycles. The van der Waals surface area contributed by atoms with Crippen molar-refractivity contribution < 1.29 is 9.59 Å². The molecule has 2 aliphatic rings.